The molecule has 0 saturated carbocycles. The minimum absolute atomic E-state index is 0.0273. The van der Waals surface area contributed by atoms with Crippen LogP contribution in [0.25, 0.3) is 6.08 Å². The van der Waals surface area contributed by atoms with Crippen molar-refractivity contribution in [3.8, 4) is 11.5 Å². The zero-order chi connectivity index (χ0) is 21.6. The van der Waals surface area contributed by atoms with E-state index in [1.54, 1.807) is 6.07 Å². The Bertz CT molecular complexity index is 929. The molecular weight excluding hydrogens is 378 g/mol. The third kappa shape index (κ3) is 5.35. The van der Waals surface area contributed by atoms with Crippen LogP contribution in [-0.2, 0) is 13.0 Å². The SMILES string of the molecule is CCCCCc1ccc(C(=O)COc2c(CN=O)ccc3c2C=CC(C)(C)O3)cc1. The average Bonchev–Trinajstić information content (AvgIpc) is 2.73. The van der Waals surface area contributed by atoms with Gasteiger partial charge in [-0.1, -0.05) is 49.2 Å². The van der Waals surface area contributed by atoms with E-state index in [1.807, 2.05) is 56.3 Å². The van der Waals surface area contributed by atoms with Gasteiger partial charge in [-0.05, 0) is 56.5 Å². The summed E-state index contributed by atoms with van der Waals surface area (Å²) in [6, 6.07) is 11.3. The molecule has 0 N–H and O–H groups in total. The number of hydrogen-bond donors (Lipinski definition) is 0. The summed E-state index contributed by atoms with van der Waals surface area (Å²) in [6.45, 7) is 5.97. The van der Waals surface area contributed by atoms with Crippen LogP contribution in [0.15, 0.2) is 47.7 Å². The predicted octanol–water partition coefficient (Wildman–Crippen LogP) is 6.13. The summed E-state index contributed by atoms with van der Waals surface area (Å²) in [5.41, 5.74) is 2.79. The molecule has 0 atom stereocenters. The first-order valence-electron chi connectivity index (χ1n) is 10.5. The average molecular weight is 408 g/mol. The van der Waals surface area contributed by atoms with Crippen molar-refractivity contribution in [2.24, 2.45) is 5.18 Å². The second-order valence-electron chi connectivity index (χ2n) is 8.16. The largest absolute Gasteiger partial charge is 0.484 e. The van der Waals surface area contributed by atoms with Crippen molar-refractivity contribution in [2.75, 3.05) is 6.61 Å². The molecule has 158 valence electrons. The van der Waals surface area contributed by atoms with Crippen LogP contribution in [0.3, 0.4) is 0 Å². The Morgan fingerprint density at radius 3 is 2.57 bits per heavy atom. The molecule has 5 nitrogen and oxygen atoms in total. The Morgan fingerprint density at radius 1 is 1.10 bits per heavy atom. The number of carbonyl (C=O) groups is 1. The van der Waals surface area contributed by atoms with Crippen molar-refractivity contribution in [3.05, 3.63) is 69.6 Å². The van der Waals surface area contributed by atoms with Gasteiger partial charge in [-0.15, -0.1) is 0 Å². The number of fused-ring (bicyclic) bond motifs is 1. The lowest BCUT2D eigenvalue weighted by atomic mass is 9.99. The van der Waals surface area contributed by atoms with Crippen LogP contribution in [0, 0.1) is 4.91 Å². The summed E-state index contributed by atoms with van der Waals surface area (Å²) in [6.07, 6.45) is 8.43. The molecule has 0 aromatic heterocycles. The van der Waals surface area contributed by atoms with Crippen LogP contribution in [0.1, 0.15) is 67.1 Å². The number of rotatable bonds is 10. The minimum atomic E-state index is -0.427. The highest BCUT2D eigenvalue weighted by molar-refractivity contribution is 5.97. The molecule has 2 aromatic rings. The van der Waals surface area contributed by atoms with E-state index in [0.717, 1.165) is 18.4 Å². The second kappa shape index (κ2) is 9.70. The molecule has 2 aromatic carbocycles. The van der Waals surface area contributed by atoms with E-state index in [9.17, 15) is 9.70 Å². The number of Topliss-reactive ketones (excluding diaryl/α,β-unsaturated/α-hetero) is 1. The molecule has 0 fully saturated rings. The Balaban J connectivity index is 1.73. The molecule has 0 amide bonds. The van der Waals surface area contributed by atoms with Crippen molar-refractivity contribution >= 4 is 11.9 Å². The number of aryl methyl sites for hydroxylation is 1. The van der Waals surface area contributed by atoms with Crippen molar-refractivity contribution in [2.45, 2.75) is 58.6 Å². The molecule has 0 spiro atoms. The van der Waals surface area contributed by atoms with Crippen LogP contribution in [0.5, 0.6) is 11.5 Å². The topological polar surface area (TPSA) is 65.0 Å². The standard InChI is InChI=1S/C25H29NO4/c1-4-5-6-7-18-8-10-19(11-9-18)22(27)17-29-24-20(16-26-28)12-13-23-21(24)14-15-25(2,3)30-23/h8-15H,4-7,16-17H2,1-3H3. The Morgan fingerprint density at radius 2 is 1.87 bits per heavy atom. The molecule has 5 heteroatoms. The molecule has 0 aliphatic carbocycles. The summed E-state index contributed by atoms with van der Waals surface area (Å²) >= 11 is 0. The highest BCUT2D eigenvalue weighted by Crippen LogP contribution is 2.39. The first kappa shape index (κ1) is 21.8. The van der Waals surface area contributed by atoms with Crippen LogP contribution in [0.2, 0.25) is 0 Å². The summed E-state index contributed by atoms with van der Waals surface area (Å²) in [5, 5.41) is 2.99. The van der Waals surface area contributed by atoms with Gasteiger partial charge in [0.2, 0.25) is 0 Å². The summed E-state index contributed by atoms with van der Waals surface area (Å²) in [5.74, 6) is 1.03. The zero-order valence-corrected chi connectivity index (χ0v) is 17.9. The van der Waals surface area contributed by atoms with Gasteiger partial charge in [-0.3, -0.25) is 4.79 Å². The van der Waals surface area contributed by atoms with Crippen LogP contribution >= 0.6 is 0 Å². The van der Waals surface area contributed by atoms with Gasteiger partial charge in [0, 0.05) is 11.1 Å². The van der Waals surface area contributed by atoms with Crippen LogP contribution < -0.4 is 9.47 Å². The van der Waals surface area contributed by atoms with Gasteiger partial charge >= 0.3 is 0 Å². The number of unbranched alkanes of at least 4 members (excludes halogenated alkanes) is 2. The van der Waals surface area contributed by atoms with E-state index in [2.05, 4.69) is 12.1 Å². The van der Waals surface area contributed by atoms with E-state index in [-0.39, 0.29) is 18.9 Å². The molecule has 0 radical (unpaired) electrons. The van der Waals surface area contributed by atoms with Gasteiger partial charge in [-0.25, -0.2) is 0 Å². The first-order valence-corrected chi connectivity index (χ1v) is 10.5. The normalized spacial score (nSPS) is 14.0. The smallest absolute Gasteiger partial charge is 0.200 e. The lowest BCUT2D eigenvalue weighted by Crippen LogP contribution is -2.27. The van der Waals surface area contributed by atoms with E-state index < -0.39 is 5.60 Å². The van der Waals surface area contributed by atoms with Gasteiger partial charge in [0.25, 0.3) is 0 Å². The third-order valence-electron chi connectivity index (χ3n) is 5.19. The molecule has 1 aliphatic rings. The number of nitroso groups, excluding NO2 is 1. The van der Waals surface area contributed by atoms with E-state index in [1.165, 1.54) is 18.4 Å². The maximum atomic E-state index is 12.7. The fourth-order valence-electron chi connectivity index (χ4n) is 3.50. The quantitative estimate of drug-likeness (QED) is 0.270. The second-order valence-corrected chi connectivity index (χ2v) is 8.16. The first-order chi connectivity index (χ1) is 14.4. The summed E-state index contributed by atoms with van der Waals surface area (Å²) < 4.78 is 11.9. The van der Waals surface area contributed by atoms with Crippen LogP contribution in [0.4, 0.5) is 0 Å². The van der Waals surface area contributed by atoms with Gasteiger partial charge < -0.3 is 9.47 Å². The Kier molecular flexibility index (Phi) is 7.03. The van der Waals surface area contributed by atoms with Crippen LogP contribution in [-0.4, -0.2) is 18.0 Å². The molecule has 30 heavy (non-hydrogen) atoms. The highest BCUT2D eigenvalue weighted by Gasteiger charge is 2.25. The lowest BCUT2D eigenvalue weighted by molar-refractivity contribution is 0.0919. The molecule has 1 heterocycles. The Hall–Kier alpha value is -2.95. The van der Waals surface area contributed by atoms with Crippen molar-refractivity contribution in [1.29, 1.82) is 0 Å². The molecule has 0 unspecified atom stereocenters. The van der Waals surface area contributed by atoms with Gasteiger partial charge in [0.05, 0.1) is 5.56 Å². The highest BCUT2D eigenvalue weighted by atomic mass is 16.5. The number of carbonyl (C=O) groups excluding carboxylic acids is 1. The monoisotopic (exact) mass is 407 g/mol. The molecule has 0 saturated heterocycles. The Labute approximate surface area is 178 Å². The molecule has 1 aliphatic heterocycles. The maximum absolute atomic E-state index is 12.7. The zero-order valence-electron chi connectivity index (χ0n) is 17.9. The summed E-state index contributed by atoms with van der Waals surface area (Å²) in [4.78, 5) is 23.5. The van der Waals surface area contributed by atoms with Crippen molar-refractivity contribution in [3.63, 3.8) is 0 Å². The third-order valence-corrected chi connectivity index (χ3v) is 5.19. The number of hydrogen-bond acceptors (Lipinski definition) is 5. The van der Waals surface area contributed by atoms with Gasteiger partial charge in [0.15, 0.2) is 12.4 Å². The van der Waals surface area contributed by atoms with E-state index >= 15 is 0 Å². The van der Waals surface area contributed by atoms with E-state index in [0.29, 0.717) is 22.6 Å². The lowest BCUT2D eigenvalue weighted by Gasteiger charge is -2.29. The van der Waals surface area contributed by atoms with E-state index in [4.69, 9.17) is 9.47 Å². The number of ketones is 1. The van der Waals surface area contributed by atoms with Gasteiger partial charge in [0.1, 0.15) is 23.6 Å². The number of ether oxygens (including phenoxy) is 2. The van der Waals surface area contributed by atoms with Gasteiger partial charge in [-0.2, -0.15) is 4.91 Å². The maximum Gasteiger partial charge on any atom is 0.200 e. The fourth-order valence-corrected chi connectivity index (χ4v) is 3.50. The summed E-state index contributed by atoms with van der Waals surface area (Å²) in [7, 11) is 0. The molecule has 0 bridgehead atoms. The number of nitrogens with zero attached hydrogens (tertiary/aromatic N) is 1. The fraction of sp³-hybridized carbons (Fsp3) is 0.400. The predicted molar refractivity (Wildman–Crippen MR) is 119 cm³/mol. The van der Waals surface area contributed by atoms with Crippen molar-refractivity contribution < 1.29 is 14.3 Å². The van der Waals surface area contributed by atoms with Crippen molar-refractivity contribution in [1.82, 2.24) is 0 Å². The minimum Gasteiger partial charge on any atom is -0.484 e. The number of benzene rings is 2. The molecular formula is C25H29NO4. The molecule has 3 rings (SSSR count).